The van der Waals surface area contributed by atoms with E-state index < -0.39 is 72.3 Å². The number of aryl methyl sites for hydroxylation is 1. The Morgan fingerprint density at radius 1 is 0.597 bits per heavy atom. The zero-order chi connectivity index (χ0) is 47.0. The van der Waals surface area contributed by atoms with Crippen molar-refractivity contribution in [2.24, 2.45) is 0 Å². The average molecular weight is 901 g/mol. The molecule has 342 valence electrons. The van der Waals surface area contributed by atoms with Gasteiger partial charge in [-0.1, -0.05) is 127 Å². The van der Waals surface area contributed by atoms with Crippen molar-refractivity contribution in [1.29, 1.82) is 0 Å². The number of hydrogen-bond donors (Lipinski definition) is 6. The molecule has 5 aromatic carbocycles. The Bertz CT molecular complexity index is 2600. The largest absolute Gasteiger partial charge is 0.484 e. The van der Waals surface area contributed by atoms with Crippen LogP contribution in [0.15, 0.2) is 164 Å². The van der Waals surface area contributed by atoms with Crippen LogP contribution in [0.4, 0.5) is 0 Å². The van der Waals surface area contributed by atoms with E-state index in [2.05, 4.69) is 31.6 Å². The van der Waals surface area contributed by atoms with Crippen molar-refractivity contribution in [1.82, 2.24) is 31.6 Å². The number of aromatic nitrogens is 1. The van der Waals surface area contributed by atoms with Gasteiger partial charge in [-0.25, -0.2) is 4.79 Å². The lowest BCUT2D eigenvalue weighted by Gasteiger charge is -2.27. The molecule has 5 atom stereocenters. The van der Waals surface area contributed by atoms with Gasteiger partial charge in [0, 0.05) is 38.1 Å². The van der Waals surface area contributed by atoms with Crippen LogP contribution in [0, 0.1) is 0 Å². The van der Waals surface area contributed by atoms with Gasteiger partial charge in [0.1, 0.15) is 36.0 Å². The molecular formula is C53H52N6O8. The Morgan fingerprint density at radius 2 is 1.13 bits per heavy atom. The SMILES string of the molecule is O=C1COc2ccc(cc2)C[C@@H](C(=O)N[C@H](Cc2ccccc2)C(=O)O)NC(=O)C(CCc2ccccc2)NC(=O)[C@@H](Cc2ccc(-c3ccccc3)cc2)NC(=O)[C@H](Cc2ccncc2)N1. The summed E-state index contributed by atoms with van der Waals surface area (Å²) < 4.78 is 5.80. The van der Waals surface area contributed by atoms with Crippen LogP contribution in [0.3, 0.4) is 0 Å². The van der Waals surface area contributed by atoms with Gasteiger partial charge >= 0.3 is 5.97 Å². The lowest BCUT2D eigenvalue weighted by atomic mass is 9.98. The molecule has 5 amide bonds. The monoisotopic (exact) mass is 900 g/mol. The maximum Gasteiger partial charge on any atom is 0.326 e. The average Bonchev–Trinajstić information content (AvgIpc) is 3.35. The van der Waals surface area contributed by atoms with Crippen molar-refractivity contribution in [3.8, 4) is 16.9 Å². The molecule has 2 aliphatic heterocycles. The van der Waals surface area contributed by atoms with Gasteiger partial charge in [-0.3, -0.25) is 29.0 Å². The van der Waals surface area contributed by atoms with Gasteiger partial charge in [-0.2, -0.15) is 0 Å². The van der Waals surface area contributed by atoms with Crippen molar-refractivity contribution < 1.29 is 38.6 Å². The molecule has 2 bridgehead atoms. The Balaban J connectivity index is 1.22. The van der Waals surface area contributed by atoms with E-state index in [0.29, 0.717) is 34.4 Å². The molecule has 6 N–H and O–H groups in total. The topological polar surface area (TPSA) is 205 Å². The van der Waals surface area contributed by atoms with Crippen molar-refractivity contribution in [2.75, 3.05) is 6.61 Å². The summed E-state index contributed by atoms with van der Waals surface area (Å²) in [4.78, 5) is 87.9. The lowest BCUT2D eigenvalue weighted by molar-refractivity contribution is -0.142. The summed E-state index contributed by atoms with van der Waals surface area (Å²) in [6.45, 7) is -0.445. The van der Waals surface area contributed by atoms with Crippen LogP contribution < -0.4 is 31.3 Å². The molecule has 0 radical (unpaired) electrons. The summed E-state index contributed by atoms with van der Waals surface area (Å²) in [7, 11) is 0. The van der Waals surface area contributed by atoms with Gasteiger partial charge in [0.2, 0.25) is 23.6 Å². The number of rotatable bonds is 13. The molecule has 14 heteroatoms. The molecule has 14 nitrogen and oxygen atoms in total. The molecule has 8 rings (SSSR count). The first-order valence-corrected chi connectivity index (χ1v) is 22.1. The number of fused-ring (bicyclic) bond motifs is 16. The molecule has 0 spiro atoms. The smallest absolute Gasteiger partial charge is 0.326 e. The number of benzene rings is 5. The number of pyridine rings is 1. The normalized spacial score (nSPS) is 18.6. The van der Waals surface area contributed by atoms with E-state index >= 15 is 0 Å². The van der Waals surface area contributed by atoms with E-state index in [4.69, 9.17) is 4.74 Å². The summed E-state index contributed by atoms with van der Waals surface area (Å²) in [5.41, 5.74) is 5.51. The number of carbonyl (C=O) groups excluding carboxylic acids is 5. The number of amides is 5. The number of carboxylic acid groups (broad SMARTS) is 1. The third-order valence-corrected chi connectivity index (χ3v) is 11.4. The molecule has 67 heavy (non-hydrogen) atoms. The highest BCUT2D eigenvalue weighted by Crippen LogP contribution is 2.21. The molecule has 0 aliphatic carbocycles. The molecule has 0 saturated carbocycles. The highest BCUT2D eigenvalue weighted by atomic mass is 16.5. The first kappa shape index (κ1) is 46.9. The van der Waals surface area contributed by atoms with Crippen LogP contribution >= 0.6 is 0 Å². The number of carbonyl (C=O) groups is 6. The van der Waals surface area contributed by atoms with E-state index in [-0.39, 0.29) is 32.1 Å². The second kappa shape index (κ2) is 23.2. The van der Waals surface area contributed by atoms with Crippen LogP contribution in [0.1, 0.15) is 34.2 Å². The summed E-state index contributed by atoms with van der Waals surface area (Å²) in [5.74, 6) is -4.32. The minimum absolute atomic E-state index is 0.00963. The van der Waals surface area contributed by atoms with Crippen LogP contribution in [0.5, 0.6) is 5.75 Å². The molecular weight excluding hydrogens is 849 g/mol. The van der Waals surface area contributed by atoms with Crippen LogP contribution in [0.2, 0.25) is 0 Å². The number of carboxylic acids is 1. The Kier molecular flexibility index (Phi) is 16.2. The second-order valence-corrected chi connectivity index (χ2v) is 16.4. The third-order valence-electron chi connectivity index (χ3n) is 11.4. The van der Waals surface area contributed by atoms with E-state index in [9.17, 15) is 33.9 Å². The van der Waals surface area contributed by atoms with Crippen molar-refractivity contribution in [3.05, 3.63) is 192 Å². The first-order valence-electron chi connectivity index (χ1n) is 22.1. The van der Waals surface area contributed by atoms with Gasteiger partial charge in [0.15, 0.2) is 6.61 Å². The van der Waals surface area contributed by atoms with Gasteiger partial charge in [0.05, 0.1) is 0 Å². The van der Waals surface area contributed by atoms with Crippen LogP contribution in [-0.2, 0) is 60.9 Å². The summed E-state index contributed by atoms with van der Waals surface area (Å²) >= 11 is 0. The summed E-state index contributed by atoms with van der Waals surface area (Å²) in [5, 5.41) is 24.2. The zero-order valence-corrected chi connectivity index (χ0v) is 36.7. The fourth-order valence-electron chi connectivity index (χ4n) is 7.79. The van der Waals surface area contributed by atoms with E-state index in [0.717, 1.165) is 16.7 Å². The predicted molar refractivity (Wildman–Crippen MR) is 251 cm³/mol. The number of hydrogen-bond acceptors (Lipinski definition) is 8. The second-order valence-electron chi connectivity index (χ2n) is 16.4. The highest BCUT2D eigenvalue weighted by molar-refractivity contribution is 5.96. The molecule has 2 aliphatic rings. The Labute approximate surface area is 388 Å². The molecule has 3 heterocycles. The van der Waals surface area contributed by atoms with Crippen molar-refractivity contribution in [2.45, 2.75) is 68.7 Å². The number of nitrogens with one attached hydrogen (secondary N) is 5. The van der Waals surface area contributed by atoms with Crippen LogP contribution in [0.25, 0.3) is 11.1 Å². The fraction of sp³-hybridized carbons (Fsp3) is 0.226. The molecule has 1 unspecified atom stereocenters. The molecule has 6 aromatic rings. The van der Waals surface area contributed by atoms with Gasteiger partial charge in [0.25, 0.3) is 5.91 Å². The maximum absolute atomic E-state index is 14.7. The molecule has 1 aromatic heterocycles. The summed E-state index contributed by atoms with van der Waals surface area (Å²) in [6.07, 6.45) is 3.60. The Morgan fingerprint density at radius 3 is 1.76 bits per heavy atom. The lowest BCUT2D eigenvalue weighted by Crippen LogP contribution is -2.60. The Hall–Kier alpha value is -8.13. The minimum atomic E-state index is -1.33. The van der Waals surface area contributed by atoms with Gasteiger partial charge < -0.3 is 36.4 Å². The number of nitrogens with zero attached hydrogens (tertiary/aromatic N) is 1. The summed E-state index contributed by atoms with van der Waals surface area (Å²) in [6, 6.07) is 39.3. The highest BCUT2D eigenvalue weighted by Gasteiger charge is 2.33. The van der Waals surface area contributed by atoms with Gasteiger partial charge in [-0.05, 0) is 76.1 Å². The van der Waals surface area contributed by atoms with Crippen molar-refractivity contribution >= 4 is 35.5 Å². The van der Waals surface area contributed by atoms with Gasteiger partial charge in [-0.15, -0.1) is 0 Å². The number of ether oxygens (including phenoxy) is 1. The van der Waals surface area contributed by atoms with Crippen molar-refractivity contribution in [3.63, 3.8) is 0 Å². The zero-order valence-electron chi connectivity index (χ0n) is 36.7. The standard InChI is InChI=1S/C53H52N6O8/c60-48-34-67-42-23-18-38(19-24-42)31-46(52(64)59-47(53(65)66)33-36-12-6-2-7-13-36)57-49(61)43(25-20-35-10-4-1-5-11-35)56-51(63)45(58-50(62)44(55-48)32-39-26-28-54-29-27-39)30-37-16-21-41(22-17-37)40-14-8-3-9-15-40/h1-19,21-24,26-29,43-47H,20,25,30-34H2,(H,55,60)(H,56,63)(H,57,61)(H,58,62)(H,59,64)(H,65,66)/t43?,44-,45+,46-,47+/m0/s1. The third kappa shape index (κ3) is 13.9. The van der Waals surface area contributed by atoms with E-state index in [1.165, 1.54) is 0 Å². The quantitative estimate of drug-likeness (QED) is 0.0899. The maximum atomic E-state index is 14.7. The number of aliphatic carboxylic acids is 1. The molecule has 0 saturated heterocycles. The molecule has 0 fully saturated rings. The van der Waals surface area contributed by atoms with E-state index in [1.807, 2.05) is 84.9 Å². The predicted octanol–water partition coefficient (Wildman–Crippen LogP) is 4.55. The first-order chi connectivity index (χ1) is 32.6. The van der Waals surface area contributed by atoms with Crippen LogP contribution in [-0.4, -0.2) is 82.4 Å². The minimum Gasteiger partial charge on any atom is -0.484 e. The van der Waals surface area contributed by atoms with E-state index in [1.54, 1.807) is 79.1 Å². The fourth-order valence-corrected chi connectivity index (χ4v) is 7.79.